The van der Waals surface area contributed by atoms with E-state index in [0.717, 1.165) is 24.9 Å². The van der Waals surface area contributed by atoms with Gasteiger partial charge in [0.05, 0.1) is 0 Å². The Morgan fingerprint density at radius 3 is 2.65 bits per heavy atom. The zero-order chi connectivity index (χ0) is 11.4. The molecule has 1 fully saturated rings. The van der Waals surface area contributed by atoms with Crippen molar-refractivity contribution >= 4 is 18.3 Å². The molecule has 1 amide bonds. The van der Waals surface area contributed by atoms with Crippen LogP contribution in [0.1, 0.15) is 29.6 Å². The Labute approximate surface area is 108 Å². The third kappa shape index (κ3) is 3.20. The summed E-state index contributed by atoms with van der Waals surface area (Å²) in [5.74, 6) is 0.121. The van der Waals surface area contributed by atoms with E-state index < -0.39 is 0 Å². The first-order valence-electron chi connectivity index (χ1n) is 5.89. The largest absolute Gasteiger partial charge is 0.334 e. The van der Waals surface area contributed by atoms with E-state index in [0.29, 0.717) is 6.54 Å². The number of carbonyl (C=O) groups excluding carboxylic acids is 1. The first kappa shape index (κ1) is 14.0. The average molecular weight is 255 g/mol. The lowest BCUT2D eigenvalue weighted by atomic mass is 10.0. The summed E-state index contributed by atoms with van der Waals surface area (Å²) in [5, 5.41) is 0. The van der Waals surface area contributed by atoms with Crippen molar-refractivity contribution in [3.63, 3.8) is 0 Å². The van der Waals surface area contributed by atoms with Gasteiger partial charge in [-0.1, -0.05) is 18.2 Å². The number of nitrogens with two attached hydrogens (primary N) is 1. The molecule has 0 aromatic heterocycles. The zero-order valence-corrected chi connectivity index (χ0v) is 10.7. The normalized spacial score (nSPS) is 19.6. The first-order chi connectivity index (χ1) is 7.83. The molecule has 1 saturated heterocycles. The quantitative estimate of drug-likeness (QED) is 0.878. The molecule has 0 bridgehead atoms. The Morgan fingerprint density at radius 1 is 1.29 bits per heavy atom. The van der Waals surface area contributed by atoms with E-state index in [1.54, 1.807) is 0 Å². The van der Waals surface area contributed by atoms with Gasteiger partial charge in [0.1, 0.15) is 0 Å². The van der Waals surface area contributed by atoms with E-state index in [9.17, 15) is 4.79 Å². The Hall–Kier alpha value is -1.06. The topological polar surface area (TPSA) is 46.3 Å². The molecule has 17 heavy (non-hydrogen) atoms. The predicted octanol–water partition coefficient (Wildman–Crippen LogP) is 2.06. The number of nitrogens with zero attached hydrogens (tertiary/aromatic N) is 1. The first-order valence-corrected chi connectivity index (χ1v) is 5.89. The van der Waals surface area contributed by atoms with Crippen LogP contribution in [-0.2, 0) is 0 Å². The van der Waals surface area contributed by atoms with Crippen LogP contribution in [0.3, 0.4) is 0 Å². The lowest BCUT2D eigenvalue weighted by molar-refractivity contribution is 0.0623. The van der Waals surface area contributed by atoms with Gasteiger partial charge < -0.3 is 10.6 Å². The van der Waals surface area contributed by atoms with E-state index in [1.165, 1.54) is 6.42 Å². The fourth-order valence-electron chi connectivity index (χ4n) is 2.26. The SMILES string of the molecule is Cl.NCC1CCCCN1C(=O)c1ccccc1. The van der Waals surface area contributed by atoms with Crippen molar-refractivity contribution in [2.75, 3.05) is 13.1 Å². The summed E-state index contributed by atoms with van der Waals surface area (Å²) in [7, 11) is 0. The van der Waals surface area contributed by atoms with Crippen LogP contribution in [0, 0.1) is 0 Å². The number of carbonyl (C=O) groups is 1. The highest BCUT2D eigenvalue weighted by Gasteiger charge is 2.25. The molecular weight excluding hydrogens is 236 g/mol. The molecule has 0 spiro atoms. The standard InChI is InChI=1S/C13H18N2O.ClH/c14-10-12-8-4-5-9-15(12)13(16)11-6-2-1-3-7-11;/h1-3,6-7,12H,4-5,8-10,14H2;1H. The van der Waals surface area contributed by atoms with E-state index >= 15 is 0 Å². The number of hydrogen-bond donors (Lipinski definition) is 1. The monoisotopic (exact) mass is 254 g/mol. The fraction of sp³-hybridized carbons (Fsp3) is 0.462. The molecule has 3 nitrogen and oxygen atoms in total. The van der Waals surface area contributed by atoms with Crippen molar-refractivity contribution in [2.45, 2.75) is 25.3 Å². The van der Waals surface area contributed by atoms with Gasteiger partial charge in [-0.2, -0.15) is 0 Å². The van der Waals surface area contributed by atoms with Crippen LogP contribution < -0.4 is 5.73 Å². The maximum atomic E-state index is 12.2. The summed E-state index contributed by atoms with van der Waals surface area (Å²) < 4.78 is 0. The molecule has 1 aliphatic rings. The number of halogens is 1. The molecule has 4 heteroatoms. The van der Waals surface area contributed by atoms with Crippen molar-refractivity contribution in [1.82, 2.24) is 4.90 Å². The average Bonchev–Trinajstić information content (AvgIpc) is 2.39. The van der Waals surface area contributed by atoms with Gasteiger partial charge in [-0.15, -0.1) is 12.4 Å². The van der Waals surface area contributed by atoms with E-state index in [1.807, 2.05) is 35.2 Å². The van der Waals surface area contributed by atoms with E-state index in [2.05, 4.69) is 0 Å². The Balaban J connectivity index is 0.00000144. The highest BCUT2D eigenvalue weighted by atomic mass is 35.5. The maximum Gasteiger partial charge on any atom is 0.254 e. The molecular formula is C13H19ClN2O. The summed E-state index contributed by atoms with van der Waals surface area (Å²) in [5.41, 5.74) is 6.48. The van der Waals surface area contributed by atoms with Gasteiger partial charge in [0, 0.05) is 24.7 Å². The number of benzene rings is 1. The van der Waals surface area contributed by atoms with Crippen LogP contribution in [-0.4, -0.2) is 29.9 Å². The fourth-order valence-corrected chi connectivity index (χ4v) is 2.26. The summed E-state index contributed by atoms with van der Waals surface area (Å²) in [6.07, 6.45) is 3.31. The van der Waals surface area contributed by atoms with Crippen LogP contribution in [0.15, 0.2) is 30.3 Å². The number of hydrogen-bond acceptors (Lipinski definition) is 2. The zero-order valence-electron chi connectivity index (χ0n) is 9.84. The molecule has 0 saturated carbocycles. The molecule has 1 aromatic rings. The molecule has 2 N–H and O–H groups in total. The lowest BCUT2D eigenvalue weighted by Gasteiger charge is -2.35. The molecule has 0 radical (unpaired) electrons. The van der Waals surface area contributed by atoms with Crippen LogP contribution in [0.25, 0.3) is 0 Å². The summed E-state index contributed by atoms with van der Waals surface area (Å²) in [6.45, 7) is 1.41. The Morgan fingerprint density at radius 2 is 2.00 bits per heavy atom. The molecule has 94 valence electrons. The second-order valence-corrected chi connectivity index (χ2v) is 4.25. The van der Waals surface area contributed by atoms with Gasteiger partial charge in [-0.05, 0) is 31.4 Å². The van der Waals surface area contributed by atoms with Crippen molar-refractivity contribution < 1.29 is 4.79 Å². The van der Waals surface area contributed by atoms with E-state index in [4.69, 9.17) is 5.73 Å². The molecule has 1 aliphatic heterocycles. The molecule has 1 atom stereocenters. The summed E-state index contributed by atoms with van der Waals surface area (Å²) in [6, 6.07) is 9.67. The number of amides is 1. The van der Waals surface area contributed by atoms with Gasteiger partial charge in [0.2, 0.25) is 0 Å². The molecule has 2 rings (SSSR count). The van der Waals surface area contributed by atoms with Crippen molar-refractivity contribution in [3.8, 4) is 0 Å². The number of piperidine rings is 1. The smallest absolute Gasteiger partial charge is 0.254 e. The molecule has 1 aromatic carbocycles. The Bertz CT molecular complexity index is 356. The predicted molar refractivity (Wildman–Crippen MR) is 71.4 cm³/mol. The van der Waals surface area contributed by atoms with Crippen LogP contribution in [0.5, 0.6) is 0 Å². The lowest BCUT2D eigenvalue weighted by Crippen LogP contribution is -2.47. The third-order valence-electron chi connectivity index (χ3n) is 3.18. The van der Waals surface area contributed by atoms with Gasteiger partial charge in [0.15, 0.2) is 0 Å². The minimum Gasteiger partial charge on any atom is -0.334 e. The summed E-state index contributed by atoms with van der Waals surface area (Å²) in [4.78, 5) is 14.2. The minimum atomic E-state index is 0. The molecule has 1 heterocycles. The van der Waals surface area contributed by atoms with Crippen molar-refractivity contribution in [3.05, 3.63) is 35.9 Å². The second kappa shape index (κ2) is 6.62. The third-order valence-corrected chi connectivity index (χ3v) is 3.18. The number of rotatable bonds is 2. The van der Waals surface area contributed by atoms with Crippen molar-refractivity contribution in [1.29, 1.82) is 0 Å². The van der Waals surface area contributed by atoms with Gasteiger partial charge in [0.25, 0.3) is 5.91 Å². The number of likely N-dealkylation sites (tertiary alicyclic amines) is 1. The molecule has 1 unspecified atom stereocenters. The minimum absolute atomic E-state index is 0. The van der Waals surface area contributed by atoms with Gasteiger partial charge in [-0.25, -0.2) is 0 Å². The highest BCUT2D eigenvalue weighted by molar-refractivity contribution is 5.94. The van der Waals surface area contributed by atoms with Crippen LogP contribution in [0.2, 0.25) is 0 Å². The maximum absolute atomic E-state index is 12.2. The molecule has 0 aliphatic carbocycles. The second-order valence-electron chi connectivity index (χ2n) is 4.25. The van der Waals surface area contributed by atoms with Gasteiger partial charge >= 0.3 is 0 Å². The summed E-state index contributed by atoms with van der Waals surface area (Å²) >= 11 is 0. The Kier molecular flexibility index (Phi) is 5.45. The highest BCUT2D eigenvalue weighted by Crippen LogP contribution is 2.18. The van der Waals surface area contributed by atoms with Crippen LogP contribution >= 0.6 is 12.4 Å². The van der Waals surface area contributed by atoms with Gasteiger partial charge in [-0.3, -0.25) is 4.79 Å². The van der Waals surface area contributed by atoms with Crippen molar-refractivity contribution in [2.24, 2.45) is 5.73 Å². The van der Waals surface area contributed by atoms with Crippen LogP contribution in [0.4, 0.5) is 0 Å². The van der Waals surface area contributed by atoms with E-state index in [-0.39, 0.29) is 24.4 Å².